The van der Waals surface area contributed by atoms with Crippen molar-refractivity contribution in [2.24, 2.45) is 17.8 Å². The zero-order valence-electron chi connectivity index (χ0n) is 16.3. The first kappa shape index (κ1) is 21.7. The Bertz CT molecular complexity index is 261. The van der Waals surface area contributed by atoms with Crippen LogP contribution in [0.15, 0.2) is 11.6 Å². The van der Waals surface area contributed by atoms with Gasteiger partial charge in [0.05, 0.1) is 0 Å². The summed E-state index contributed by atoms with van der Waals surface area (Å²) in [5.74, 6) is 2.71. The highest BCUT2D eigenvalue weighted by Gasteiger charge is 2.06. The zero-order valence-corrected chi connectivity index (χ0v) is 16.3. The van der Waals surface area contributed by atoms with Crippen LogP contribution in [0.3, 0.4) is 0 Å². The fourth-order valence-electron chi connectivity index (χ4n) is 3.16. The molecule has 0 heterocycles. The topological polar surface area (TPSA) is 0 Å². The Morgan fingerprint density at radius 2 is 1.32 bits per heavy atom. The highest BCUT2D eigenvalue weighted by molar-refractivity contribution is 4.97. The van der Waals surface area contributed by atoms with Gasteiger partial charge in [0.25, 0.3) is 0 Å². The zero-order chi connectivity index (χ0) is 16.8. The number of unbranched alkanes of at least 4 members (excludes halogenated alkanes) is 1. The maximum Gasteiger partial charge on any atom is -0.0323 e. The van der Waals surface area contributed by atoms with Gasteiger partial charge in [-0.2, -0.15) is 0 Å². The summed E-state index contributed by atoms with van der Waals surface area (Å²) in [6, 6.07) is 0. The fraction of sp³-hybridized carbons (Fsp3) is 0.864. The molecule has 0 aromatic heterocycles. The molecule has 0 bridgehead atoms. The van der Waals surface area contributed by atoms with Crippen LogP contribution in [0.4, 0.5) is 0 Å². The van der Waals surface area contributed by atoms with Crippen molar-refractivity contribution >= 4 is 0 Å². The van der Waals surface area contributed by atoms with Gasteiger partial charge in [-0.3, -0.25) is 0 Å². The monoisotopic (exact) mass is 307 g/mol. The minimum Gasteiger partial charge on any atom is -0.0856 e. The fourth-order valence-corrected chi connectivity index (χ4v) is 3.16. The molecular weight excluding hydrogens is 264 g/mol. The Kier molecular flexibility index (Phi) is 14.2. The largest absolute Gasteiger partial charge is 0.0856 e. The van der Waals surface area contributed by atoms with Crippen molar-refractivity contribution in [1.82, 2.24) is 0 Å². The first-order valence-corrected chi connectivity index (χ1v) is 9.90. The van der Waals surface area contributed by atoms with Crippen molar-refractivity contribution in [1.29, 1.82) is 0 Å². The van der Waals surface area contributed by atoms with Crippen LogP contribution < -0.4 is 0 Å². The molecule has 2 atom stereocenters. The van der Waals surface area contributed by atoms with E-state index in [1.807, 2.05) is 0 Å². The molecular formula is C22H43. The molecule has 0 nitrogen and oxygen atoms in total. The van der Waals surface area contributed by atoms with Gasteiger partial charge in [0.2, 0.25) is 0 Å². The van der Waals surface area contributed by atoms with Gasteiger partial charge in [-0.25, -0.2) is 0 Å². The average molecular weight is 308 g/mol. The first-order chi connectivity index (χ1) is 10.5. The van der Waals surface area contributed by atoms with E-state index < -0.39 is 0 Å². The Balaban J connectivity index is 3.54. The van der Waals surface area contributed by atoms with Gasteiger partial charge in [-0.15, -0.1) is 0 Å². The van der Waals surface area contributed by atoms with Gasteiger partial charge in [-0.05, 0) is 50.4 Å². The van der Waals surface area contributed by atoms with Crippen molar-refractivity contribution in [3.05, 3.63) is 18.6 Å². The van der Waals surface area contributed by atoms with Crippen molar-refractivity contribution in [2.45, 2.75) is 105 Å². The van der Waals surface area contributed by atoms with Gasteiger partial charge in [0.15, 0.2) is 0 Å². The van der Waals surface area contributed by atoms with Crippen LogP contribution in [-0.4, -0.2) is 0 Å². The normalized spacial score (nSPS) is 15.3. The molecule has 0 fully saturated rings. The van der Waals surface area contributed by atoms with Gasteiger partial charge in [0, 0.05) is 0 Å². The van der Waals surface area contributed by atoms with Gasteiger partial charge in [0.1, 0.15) is 0 Å². The molecule has 0 aromatic rings. The smallest absolute Gasteiger partial charge is 0.0323 e. The molecule has 0 saturated heterocycles. The summed E-state index contributed by atoms with van der Waals surface area (Å²) in [4.78, 5) is 0. The SMILES string of the molecule is [CH2]CC/C=C(\C)CCCC(C)CCCC(C)CCCC(C)C. The molecule has 22 heavy (non-hydrogen) atoms. The lowest BCUT2D eigenvalue weighted by Crippen LogP contribution is -2.00. The number of rotatable bonds is 14. The maximum absolute atomic E-state index is 3.90. The lowest BCUT2D eigenvalue weighted by molar-refractivity contribution is 0.389. The quantitative estimate of drug-likeness (QED) is 0.285. The molecule has 0 heteroatoms. The summed E-state index contributed by atoms with van der Waals surface area (Å²) in [7, 11) is 0. The second kappa shape index (κ2) is 14.3. The molecule has 0 aliphatic heterocycles. The molecule has 0 amide bonds. The molecule has 2 unspecified atom stereocenters. The van der Waals surface area contributed by atoms with E-state index in [4.69, 9.17) is 0 Å². The number of allylic oxidation sites excluding steroid dienone is 2. The van der Waals surface area contributed by atoms with Crippen LogP contribution >= 0.6 is 0 Å². The molecule has 1 radical (unpaired) electrons. The molecule has 0 aliphatic rings. The van der Waals surface area contributed by atoms with Crippen LogP contribution in [0.2, 0.25) is 0 Å². The molecule has 0 spiro atoms. The lowest BCUT2D eigenvalue weighted by Gasteiger charge is -2.15. The average Bonchev–Trinajstić information content (AvgIpc) is 2.44. The van der Waals surface area contributed by atoms with Crippen LogP contribution in [0, 0.1) is 24.7 Å². The molecule has 0 saturated carbocycles. The Morgan fingerprint density at radius 1 is 0.818 bits per heavy atom. The molecule has 131 valence electrons. The number of hydrogen-bond donors (Lipinski definition) is 0. The van der Waals surface area contributed by atoms with E-state index in [9.17, 15) is 0 Å². The van der Waals surface area contributed by atoms with Crippen LogP contribution in [-0.2, 0) is 0 Å². The van der Waals surface area contributed by atoms with Crippen molar-refractivity contribution in [3.8, 4) is 0 Å². The van der Waals surface area contributed by atoms with E-state index in [2.05, 4.69) is 47.6 Å². The summed E-state index contributed by atoms with van der Waals surface area (Å²) >= 11 is 0. The van der Waals surface area contributed by atoms with Gasteiger partial charge in [-0.1, -0.05) is 91.2 Å². The first-order valence-electron chi connectivity index (χ1n) is 9.90. The van der Waals surface area contributed by atoms with E-state index in [0.29, 0.717) is 0 Å². The lowest BCUT2D eigenvalue weighted by atomic mass is 9.91. The third-order valence-electron chi connectivity index (χ3n) is 4.84. The minimum absolute atomic E-state index is 0.873. The predicted octanol–water partition coefficient (Wildman–Crippen LogP) is 7.99. The van der Waals surface area contributed by atoms with E-state index in [1.165, 1.54) is 57.8 Å². The van der Waals surface area contributed by atoms with Gasteiger partial charge >= 0.3 is 0 Å². The molecule has 0 aromatic carbocycles. The Morgan fingerprint density at radius 3 is 1.82 bits per heavy atom. The highest BCUT2D eigenvalue weighted by atomic mass is 14.1. The summed E-state index contributed by atoms with van der Waals surface area (Å²) in [5.41, 5.74) is 1.56. The van der Waals surface area contributed by atoms with Crippen LogP contribution in [0.1, 0.15) is 105 Å². The summed E-state index contributed by atoms with van der Waals surface area (Å²) < 4.78 is 0. The summed E-state index contributed by atoms with van der Waals surface area (Å²) in [6.07, 6.45) is 17.2. The second-order valence-corrected chi connectivity index (χ2v) is 8.05. The van der Waals surface area contributed by atoms with Crippen molar-refractivity contribution < 1.29 is 0 Å². The van der Waals surface area contributed by atoms with Crippen molar-refractivity contribution in [3.63, 3.8) is 0 Å². The van der Waals surface area contributed by atoms with E-state index in [0.717, 1.165) is 30.6 Å². The molecule has 0 rings (SSSR count). The molecule has 0 aliphatic carbocycles. The Labute approximate surface area is 142 Å². The second-order valence-electron chi connectivity index (χ2n) is 8.05. The minimum atomic E-state index is 0.873. The van der Waals surface area contributed by atoms with Crippen LogP contribution in [0.25, 0.3) is 0 Å². The van der Waals surface area contributed by atoms with E-state index >= 15 is 0 Å². The van der Waals surface area contributed by atoms with Crippen molar-refractivity contribution in [2.75, 3.05) is 0 Å². The van der Waals surface area contributed by atoms with Crippen LogP contribution in [0.5, 0.6) is 0 Å². The standard InChI is InChI=1S/C22H43/c1-7-8-13-20(4)15-10-17-22(6)18-11-16-21(5)14-9-12-19(2)3/h13,19,21-22H,1,7-12,14-18H2,2-6H3/b20-13+. The maximum atomic E-state index is 3.90. The summed E-state index contributed by atoms with van der Waals surface area (Å²) in [6.45, 7) is 15.7. The van der Waals surface area contributed by atoms with Gasteiger partial charge < -0.3 is 0 Å². The van der Waals surface area contributed by atoms with E-state index in [1.54, 1.807) is 5.57 Å². The third-order valence-corrected chi connectivity index (χ3v) is 4.84. The summed E-state index contributed by atoms with van der Waals surface area (Å²) in [5, 5.41) is 0. The van der Waals surface area contributed by atoms with E-state index in [-0.39, 0.29) is 0 Å². The highest BCUT2D eigenvalue weighted by Crippen LogP contribution is 2.22. The predicted molar refractivity (Wildman–Crippen MR) is 103 cm³/mol. The molecule has 0 N–H and O–H groups in total. The Hall–Kier alpha value is -0.260. The number of hydrogen-bond acceptors (Lipinski definition) is 0. The third kappa shape index (κ3) is 14.7.